The molecule has 1 aromatic rings. The zero-order valence-electron chi connectivity index (χ0n) is 8.41. The van der Waals surface area contributed by atoms with Crippen LogP contribution >= 0.6 is 0 Å². The Bertz CT molecular complexity index is 294. The van der Waals surface area contributed by atoms with E-state index in [-0.39, 0.29) is 0 Å². The van der Waals surface area contributed by atoms with E-state index in [4.69, 9.17) is 10.5 Å². The molecule has 1 aliphatic rings. The van der Waals surface area contributed by atoms with Crippen molar-refractivity contribution in [2.24, 2.45) is 0 Å². The second-order valence-electron chi connectivity index (χ2n) is 3.87. The van der Waals surface area contributed by atoms with Crippen LogP contribution in [0.25, 0.3) is 0 Å². The maximum atomic E-state index is 5.83. The van der Waals surface area contributed by atoms with Gasteiger partial charge in [0.1, 0.15) is 0 Å². The Morgan fingerprint density at radius 3 is 2.71 bits per heavy atom. The van der Waals surface area contributed by atoms with Crippen molar-refractivity contribution >= 4 is 5.69 Å². The second-order valence-corrected chi connectivity index (χ2v) is 3.87. The van der Waals surface area contributed by atoms with Crippen LogP contribution in [0, 0.1) is 0 Å². The highest BCUT2D eigenvalue weighted by atomic mass is 16.5. The standard InChI is InChI=1S/C12H17NO/c13-12-7-2-1-4-10(12)8-9-14-11-5-3-6-11/h1-2,4,7,11H,3,5-6,8-9,13H2. The number of ether oxygens (including phenoxy) is 1. The van der Waals surface area contributed by atoms with Gasteiger partial charge in [-0.05, 0) is 37.3 Å². The van der Waals surface area contributed by atoms with E-state index in [1.165, 1.54) is 24.8 Å². The van der Waals surface area contributed by atoms with Gasteiger partial charge in [0.2, 0.25) is 0 Å². The molecule has 0 amide bonds. The molecule has 0 heterocycles. The summed E-state index contributed by atoms with van der Waals surface area (Å²) in [5, 5.41) is 0. The Kier molecular flexibility index (Phi) is 3.04. The van der Waals surface area contributed by atoms with Crippen LogP contribution in [0.5, 0.6) is 0 Å². The number of benzene rings is 1. The van der Waals surface area contributed by atoms with E-state index >= 15 is 0 Å². The largest absolute Gasteiger partial charge is 0.399 e. The zero-order valence-corrected chi connectivity index (χ0v) is 8.41. The lowest BCUT2D eigenvalue weighted by Gasteiger charge is -2.25. The molecule has 0 saturated heterocycles. The molecule has 1 saturated carbocycles. The Morgan fingerprint density at radius 1 is 1.29 bits per heavy atom. The molecule has 1 aromatic carbocycles. The van der Waals surface area contributed by atoms with Crippen LogP contribution < -0.4 is 5.73 Å². The van der Waals surface area contributed by atoms with E-state index in [1.807, 2.05) is 18.2 Å². The molecule has 76 valence electrons. The maximum Gasteiger partial charge on any atom is 0.0575 e. The summed E-state index contributed by atoms with van der Waals surface area (Å²) in [6.07, 6.45) is 5.27. The van der Waals surface area contributed by atoms with Crippen LogP contribution in [0.3, 0.4) is 0 Å². The Morgan fingerprint density at radius 2 is 2.07 bits per heavy atom. The number of hydrogen-bond donors (Lipinski definition) is 1. The van der Waals surface area contributed by atoms with Crippen molar-refractivity contribution in [3.05, 3.63) is 29.8 Å². The Balaban J connectivity index is 1.76. The highest BCUT2D eigenvalue weighted by Crippen LogP contribution is 2.22. The average Bonchev–Trinajstić information content (AvgIpc) is 2.12. The second kappa shape index (κ2) is 4.47. The molecule has 2 rings (SSSR count). The first-order valence-corrected chi connectivity index (χ1v) is 5.31. The van der Waals surface area contributed by atoms with Crippen LogP contribution in [0.2, 0.25) is 0 Å². The minimum Gasteiger partial charge on any atom is -0.399 e. The van der Waals surface area contributed by atoms with Crippen LogP contribution in [0.15, 0.2) is 24.3 Å². The molecular formula is C12H17NO. The number of rotatable bonds is 4. The number of anilines is 1. The SMILES string of the molecule is Nc1ccccc1CCOC1CCC1. The summed E-state index contributed by atoms with van der Waals surface area (Å²) in [6.45, 7) is 0.804. The summed E-state index contributed by atoms with van der Waals surface area (Å²) in [4.78, 5) is 0. The van der Waals surface area contributed by atoms with Gasteiger partial charge in [0, 0.05) is 5.69 Å². The van der Waals surface area contributed by atoms with Gasteiger partial charge in [-0.15, -0.1) is 0 Å². The number of hydrogen-bond acceptors (Lipinski definition) is 2. The molecule has 0 aromatic heterocycles. The van der Waals surface area contributed by atoms with Gasteiger partial charge < -0.3 is 10.5 Å². The Labute approximate surface area is 85.1 Å². The minimum absolute atomic E-state index is 0.528. The highest BCUT2D eigenvalue weighted by Gasteiger charge is 2.17. The first kappa shape index (κ1) is 9.53. The fourth-order valence-electron chi connectivity index (χ4n) is 1.63. The molecule has 1 aliphatic carbocycles. The van der Waals surface area contributed by atoms with Gasteiger partial charge in [-0.25, -0.2) is 0 Å². The van der Waals surface area contributed by atoms with E-state index in [0.29, 0.717) is 6.10 Å². The number of nitrogen functional groups attached to an aromatic ring is 1. The lowest BCUT2D eigenvalue weighted by molar-refractivity contribution is 0.00418. The topological polar surface area (TPSA) is 35.2 Å². The lowest BCUT2D eigenvalue weighted by atomic mass is 9.96. The molecule has 0 radical (unpaired) electrons. The summed E-state index contributed by atoms with van der Waals surface area (Å²) in [6, 6.07) is 8.00. The third-order valence-electron chi connectivity index (χ3n) is 2.83. The molecule has 0 spiro atoms. The molecule has 2 heteroatoms. The van der Waals surface area contributed by atoms with E-state index in [0.717, 1.165) is 18.7 Å². The van der Waals surface area contributed by atoms with Gasteiger partial charge >= 0.3 is 0 Å². The van der Waals surface area contributed by atoms with Gasteiger partial charge in [-0.1, -0.05) is 18.2 Å². The zero-order chi connectivity index (χ0) is 9.80. The van der Waals surface area contributed by atoms with E-state index < -0.39 is 0 Å². The van der Waals surface area contributed by atoms with Crippen molar-refractivity contribution in [1.29, 1.82) is 0 Å². The van der Waals surface area contributed by atoms with E-state index in [2.05, 4.69) is 6.07 Å². The van der Waals surface area contributed by atoms with Crippen LogP contribution in [-0.4, -0.2) is 12.7 Å². The molecule has 1 fully saturated rings. The third kappa shape index (κ3) is 2.26. The van der Waals surface area contributed by atoms with Crippen molar-refractivity contribution in [3.63, 3.8) is 0 Å². The van der Waals surface area contributed by atoms with Crippen molar-refractivity contribution in [1.82, 2.24) is 0 Å². The number of nitrogens with two attached hydrogens (primary N) is 1. The normalized spacial score (nSPS) is 16.6. The van der Waals surface area contributed by atoms with E-state index in [9.17, 15) is 0 Å². The quantitative estimate of drug-likeness (QED) is 0.742. The van der Waals surface area contributed by atoms with Crippen molar-refractivity contribution < 1.29 is 4.74 Å². The van der Waals surface area contributed by atoms with Gasteiger partial charge in [0.15, 0.2) is 0 Å². The molecule has 0 bridgehead atoms. The highest BCUT2D eigenvalue weighted by molar-refractivity contribution is 5.46. The molecule has 14 heavy (non-hydrogen) atoms. The summed E-state index contributed by atoms with van der Waals surface area (Å²) >= 11 is 0. The number of para-hydroxylation sites is 1. The fraction of sp³-hybridized carbons (Fsp3) is 0.500. The fourth-order valence-corrected chi connectivity index (χ4v) is 1.63. The van der Waals surface area contributed by atoms with Crippen molar-refractivity contribution in [2.75, 3.05) is 12.3 Å². The van der Waals surface area contributed by atoms with Crippen molar-refractivity contribution in [2.45, 2.75) is 31.8 Å². The minimum atomic E-state index is 0.528. The first-order valence-electron chi connectivity index (χ1n) is 5.31. The van der Waals surface area contributed by atoms with Crippen LogP contribution in [-0.2, 0) is 11.2 Å². The smallest absolute Gasteiger partial charge is 0.0575 e. The van der Waals surface area contributed by atoms with Gasteiger partial charge in [-0.2, -0.15) is 0 Å². The molecule has 0 unspecified atom stereocenters. The lowest BCUT2D eigenvalue weighted by Crippen LogP contribution is -2.22. The van der Waals surface area contributed by atoms with Crippen molar-refractivity contribution in [3.8, 4) is 0 Å². The average molecular weight is 191 g/mol. The van der Waals surface area contributed by atoms with Crippen LogP contribution in [0.1, 0.15) is 24.8 Å². The van der Waals surface area contributed by atoms with E-state index in [1.54, 1.807) is 0 Å². The monoisotopic (exact) mass is 191 g/mol. The predicted molar refractivity (Wildman–Crippen MR) is 58.1 cm³/mol. The molecule has 0 aliphatic heterocycles. The summed E-state index contributed by atoms with van der Waals surface area (Å²) < 4.78 is 5.68. The van der Waals surface area contributed by atoms with Gasteiger partial charge in [0.25, 0.3) is 0 Å². The van der Waals surface area contributed by atoms with Crippen LogP contribution in [0.4, 0.5) is 5.69 Å². The first-order chi connectivity index (χ1) is 6.86. The predicted octanol–water partition coefficient (Wildman–Crippen LogP) is 2.38. The molecule has 2 nitrogen and oxygen atoms in total. The molecular weight excluding hydrogens is 174 g/mol. The molecule has 2 N–H and O–H groups in total. The summed E-state index contributed by atoms with van der Waals surface area (Å²) in [5.41, 5.74) is 7.91. The molecule has 0 atom stereocenters. The third-order valence-corrected chi connectivity index (χ3v) is 2.83. The maximum absolute atomic E-state index is 5.83. The Hall–Kier alpha value is -1.02. The summed E-state index contributed by atoms with van der Waals surface area (Å²) in [5.74, 6) is 0. The summed E-state index contributed by atoms with van der Waals surface area (Å²) in [7, 11) is 0. The van der Waals surface area contributed by atoms with Gasteiger partial charge in [0.05, 0.1) is 12.7 Å². The van der Waals surface area contributed by atoms with Gasteiger partial charge in [-0.3, -0.25) is 0 Å².